The number of pyridine rings is 1. The van der Waals surface area contributed by atoms with Gasteiger partial charge in [0.1, 0.15) is 53.8 Å². The fourth-order valence-corrected chi connectivity index (χ4v) is 7.82. The van der Waals surface area contributed by atoms with Crippen molar-refractivity contribution in [3.05, 3.63) is 64.4 Å². The molecule has 24 heteroatoms. The van der Waals surface area contributed by atoms with Gasteiger partial charge in [0, 0.05) is 56.3 Å². The van der Waals surface area contributed by atoms with Gasteiger partial charge < -0.3 is 56.0 Å². The number of ether oxygens (including phenoxy) is 4. The monoisotopic (exact) mass is 1020 g/mol. The van der Waals surface area contributed by atoms with Crippen LogP contribution in [-0.2, 0) is 60.8 Å². The fourth-order valence-electron chi connectivity index (χ4n) is 7.51. The van der Waals surface area contributed by atoms with Crippen molar-refractivity contribution in [3.63, 3.8) is 0 Å². The minimum absolute atomic E-state index is 0.0000229. The Bertz CT molecular complexity index is 2490. The Morgan fingerprint density at radius 3 is 2.17 bits per heavy atom. The second-order valence-corrected chi connectivity index (χ2v) is 17.2. The number of fused-ring (bicyclic) bond motifs is 2. The molecule has 0 spiro atoms. The maximum atomic E-state index is 13.8. The quantitative estimate of drug-likeness (QED) is 0.0260. The molecule has 4 atom stereocenters. The van der Waals surface area contributed by atoms with Gasteiger partial charge in [-0.25, -0.2) is 15.0 Å². The van der Waals surface area contributed by atoms with Crippen molar-refractivity contribution in [1.29, 1.82) is 0 Å². The first-order valence-corrected chi connectivity index (χ1v) is 23.1. The number of hydrogen-bond acceptors (Lipinski definition) is 16. The second-order valence-electron chi connectivity index (χ2n) is 16.4. The Morgan fingerprint density at radius 1 is 0.855 bits per heavy atom. The Balaban J connectivity index is 0.843. The van der Waals surface area contributed by atoms with E-state index in [1.165, 1.54) is 11.6 Å². The van der Waals surface area contributed by atoms with E-state index in [2.05, 4.69) is 57.2 Å². The number of aromatic nitrogens is 5. The van der Waals surface area contributed by atoms with Crippen LogP contribution in [0, 0.1) is 18.8 Å². The molecule has 2 aliphatic rings. The van der Waals surface area contributed by atoms with Crippen LogP contribution in [0.15, 0.2) is 47.3 Å². The number of ketones is 1. The maximum Gasteiger partial charge on any atom is 0.320 e. The van der Waals surface area contributed by atoms with Gasteiger partial charge >= 0.3 is 5.97 Å². The van der Waals surface area contributed by atoms with Crippen LogP contribution in [0.1, 0.15) is 48.1 Å². The standard InChI is InChI=1S/C45H56BrN11O12/c1-26-3-7-35(46)53-43(26)54-44(63)42-31-18-29(31)22-56(42)40(62)23-57-34-6-4-28(17-32(34)41(55-57)27(2)58)30-19-50-36(51-20-30)21-52-39(61)25-69-16-14-67-12-10-49-38(60)24-68-15-13-66-11-9-48-37(59)8-5-33(47)45(64)65/h3-4,6-7,17,19-20,29,31,33,42H,5,8-16,18,21-25,47H2,1-2H3,(H,48,59)(H,49,60)(H,52,61)(H,64,65)(H,53,54,63)/t29-,31-,33+,42+/m1/s1. The lowest BCUT2D eigenvalue weighted by molar-refractivity contribution is -0.139. The number of nitrogens with zero attached hydrogens (tertiary/aromatic N) is 6. The van der Waals surface area contributed by atoms with Crippen molar-refractivity contribution in [2.45, 2.75) is 58.3 Å². The zero-order valence-electron chi connectivity index (χ0n) is 38.2. The van der Waals surface area contributed by atoms with Gasteiger partial charge in [-0.05, 0) is 76.9 Å². The van der Waals surface area contributed by atoms with E-state index < -0.39 is 18.1 Å². The highest BCUT2D eigenvalue weighted by atomic mass is 79.9. The molecular weight excluding hydrogens is 966 g/mol. The number of rotatable bonds is 28. The van der Waals surface area contributed by atoms with E-state index in [-0.39, 0.29) is 145 Å². The highest BCUT2D eigenvalue weighted by Crippen LogP contribution is 2.50. The number of halogens is 1. The molecule has 2 fully saturated rings. The van der Waals surface area contributed by atoms with E-state index >= 15 is 0 Å². The summed E-state index contributed by atoms with van der Waals surface area (Å²) in [5.41, 5.74) is 8.32. The largest absolute Gasteiger partial charge is 0.480 e. The second kappa shape index (κ2) is 25.3. The Hall–Kier alpha value is -6.31. The maximum absolute atomic E-state index is 13.8. The summed E-state index contributed by atoms with van der Waals surface area (Å²) in [7, 11) is 0. The van der Waals surface area contributed by atoms with Crippen LogP contribution in [-0.4, -0.2) is 161 Å². The first-order chi connectivity index (χ1) is 33.2. The number of aryl methyl sites for hydroxylation is 1. The average molecular weight is 1020 g/mol. The number of nitrogens with one attached hydrogen (secondary N) is 4. The van der Waals surface area contributed by atoms with E-state index in [1.54, 1.807) is 35.5 Å². The van der Waals surface area contributed by atoms with Gasteiger partial charge in [0.05, 0.1) is 51.7 Å². The SMILES string of the molecule is CC(=O)c1nn(CC(=O)N2C[C@H]3C[C@H]3[C@H]2C(=O)Nc2nc(Br)ccc2C)c2ccc(-c3cnc(CNC(=O)COCCOCCNC(=O)COCCOCCNC(=O)CC[C@H](N)C(=O)O)nc3)cc12. The van der Waals surface area contributed by atoms with E-state index in [1.807, 2.05) is 19.1 Å². The Labute approximate surface area is 405 Å². The molecule has 23 nitrogen and oxygen atoms in total. The Kier molecular flexibility index (Phi) is 19.1. The molecule has 69 heavy (non-hydrogen) atoms. The minimum atomic E-state index is -1.16. The van der Waals surface area contributed by atoms with Gasteiger partial charge in [0.15, 0.2) is 5.78 Å². The molecule has 0 bridgehead atoms. The fraction of sp³-hybridized carbons (Fsp3) is 0.489. The van der Waals surface area contributed by atoms with Gasteiger partial charge in [0.25, 0.3) is 0 Å². The van der Waals surface area contributed by atoms with E-state index in [9.17, 15) is 33.6 Å². The average Bonchev–Trinajstić information content (AvgIpc) is 3.84. The van der Waals surface area contributed by atoms with Crippen molar-refractivity contribution < 1.29 is 57.6 Å². The molecule has 4 heterocycles. The summed E-state index contributed by atoms with van der Waals surface area (Å²) in [4.78, 5) is 102. The molecule has 0 radical (unpaired) electrons. The molecule has 1 aliphatic carbocycles. The number of carboxylic acids is 1. The lowest BCUT2D eigenvalue weighted by Gasteiger charge is -2.27. The van der Waals surface area contributed by atoms with Crippen LogP contribution in [0.3, 0.4) is 0 Å². The molecule has 7 N–H and O–H groups in total. The van der Waals surface area contributed by atoms with Crippen LogP contribution in [0.2, 0.25) is 0 Å². The highest BCUT2D eigenvalue weighted by molar-refractivity contribution is 9.10. The van der Waals surface area contributed by atoms with Gasteiger partial charge in [-0.15, -0.1) is 0 Å². The smallest absolute Gasteiger partial charge is 0.320 e. The molecule has 5 amide bonds. The predicted octanol–water partition coefficient (Wildman–Crippen LogP) is 0.755. The minimum Gasteiger partial charge on any atom is -0.480 e. The van der Waals surface area contributed by atoms with Crippen molar-refractivity contribution >= 4 is 73.9 Å². The molecule has 3 aromatic heterocycles. The Morgan fingerprint density at radius 2 is 1.51 bits per heavy atom. The van der Waals surface area contributed by atoms with Crippen molar-refractivity contribution in [1.82, 2.24) is 45.6 Å². The van der Waals surface area contributed by atoms with Crippen LogP contribution >= 0.6 is 15.9 Å². The normalized spacial score (nSPS) is 16.4. The zero-order valence-corrected chi connectivity index (χ0v) is 39.8. The molecular formula is C45H56BrN11O12. The number of hydrogen-bond donors (Lipinski definition) is 6. The number of aliphatic carboxylic acids is 1. The molecule has 0 unspecified atom stereocenters. The van der Waals surface area contributed by atoms with E-state index in [0.29, 0.717) is 44.8 Å². The summed E-state index contributed by atoms with van der Waals surface area (Å²) in [5.74, 6) is -1.90. The number of Topliss-reactive ketones (excluding diaryl/α,β-unsaturated/α-hetero) is 1. The third kappa shape index (κ3) is 15.3. The van der Waals surface area contributed by atoms with Gasteiger partial charge in [-0.3, -0.25) is 38.2 Å². The summed E-state index contributed by atoms with van der Waals surface area (Å²) < 4.78 is 23.5. The molecule has 370 valence electrons. The van der Waals surface area contributed by atoms with Gasteiger partial charge in [0.2, 0.25) is 29.5 Å². The topological polar surface area (TPSA) is 311 Å². The van der Waals surface area contributed by atoms with E-state index in [4.69, 9.17) is 29.8 Å². The number of carbonyl (C=O) groups is 7. The number of likely N-dealkylation sites (tertiary alicyclic amines) is 1. The third-order valence-corrected chi connectivity index (χ3v) is 11.7. The van der Waals surface area contributed by atoms with Crippen LogP contribution in [0.4, 0.5) is 5.82 Å². The lowest BCUT2D eigenvalue weighted by Crippen LogP contribution is -2.47. The lowest BCUT2D eigenvalue weighted by atomic mass is 10.0. The third-order valence-electron chi connectivity index (χ3n) is 11.2. The van der Waals surface area contributed by atoms with Crippen LogP contribution in [0.25, 0.3) is 22.0 Å². The summed E-state index contributed by atoms with van der Waals surface area (Å²) in [6.45, 7) is 4.89. The number of piperidine rings is 1. The first kappa shape index (κ1) is 52.1. The summed E-state index contributed by atoms with van der Waals surface area (Å²) in [5, 5.41) is 24.7. The molecule has 4 aromatic rings. The molecule has 1 aliphatic heterocycles. The van der Waals surface area contributed by atoms with Gasteiger partial charge in [-0.1, -0.05) is 12.1 Å². The van der Waals surface area contributed by atoms with Crippen molar-refractivity contribution in [2.24, 2.45) is 17.6 Å². The predicted molar refractivity (Wildman–Crippen MR) is 249 cm³/mol. The number of carboxylic acid groups (broad SMARTS) is 1. The number of anilines is 1. The summed E-state index contributed by atoms with van der Waals surface area (Å²) >= 11 is 3.35. The highest BCUT2D eigenvalue weighted by Gasteiger charge is 2.57. The summed E-state index contributed by atoms with van der Waals surface area (Å²) in [6.07, 6.45) is 4.13. The van der Waals surface area contributed by atoms with Crippen LogP contribution in [0.5, 0.6) is 0 Å². The zero-order chi connectivity index (χ0) is 49.5. The molecule has 1 saturated heterocycles. The molecule has 1 saturated carbocycles. The summed E-state index contributed by atoms with van der Waals surface area (Å²) in [6, 6.07) is 7.32. The van der Waals surface area contributed by atoms with Gasteiger partial charge in [-0.2, -0.15) is 5.10 Å². The van der Waals surface area contributed by atoms with Crippen LogP contribution < -0.4 is 27.0 Å². The number of nitrogens with two attached hydrogens (primary N) is 1. The van der Waals surface area contributed by atoms with E-state index in [0.717, 1.165) is 12.0 Å². The number of amides is 5. The number of benzene rings is 1. The van der Waals surface area contributed by atoms with Crippen molar-refractivity contribution in [3.8, 4) is 11.1 Å². The molecule has 6 rings (SSSR count). The number of carbonyl (C=O) groups excluding carboxylic acids is 6. The molecule has 1 aromatic carbocycles. The first-order valence-electron chi connectivity index (χ1n) is 22.3. The van der Waals surface area contributed by atoms with Crippen molar-refractivity contribution in [2.75, 3.05) is 77.8 Å².